The number of hydrogen-bond donors (Lipinski definition) is 1. The fourth-order valence-corrected chi connectivity index (χ4v) is 4.18. The van der Waals surface area contributed by atoms with Crippen molar-refractivity contribution in [2.24, 2.45) is 0 Å². The molecule has 0 aliphatic carbocycles. The Morgan fingerprint density at radius 2 is 2.15 bits per heavy atom. The van der Waals surface area contributed by atoms with Gasteiger partial charge in [-0.05, 0) is 34.1 Å². The average Bonchev–Trinajstić information content (AvgIpc) is 3.09. The number of amides is 2. The van der Waals surface area contributed by atoms with Gasteiger partial charge in [-0.15, -0.1) is 0 Å². The molecule has 0 radical (unpaired) electrons. The van der Waals surface area contributed by atoms with E-state index in [9.17, 15) is 9.59 Å². The molecular weight excluding hydrogens is 430 g/mol. The fourth-order valence-electron chi connectivity index (χ4n) is 2.79. The quantitative estimate of drug-likeness (QED) is 0.671. The molecule has 7 nitrogen and oxygen atoms in total. The Kier molecular flexibility index (Phi) is 4.95. The molecular formula is C18H14BrN5O2S. The molecule has 0 atom stereocenters. The lowest BCUT2D eigenvalue weighted by Gasteiger charge is -2.26. The van der Waals surface area contributed by atoms with Crippen LogP contribution in [0.2, 0.25) is 0 Å². The van der Waals surface area contributed by atoms with Crippen molar-refractivity contribution in [3.8, 4) is 0 Å². The molecule has 0 saturated heterocycles. The van der Waals surface area contributed by atoms with Crippen LogP contribution in [-0.2, 0) is 13.0 Å². The predicted molar refractivity (Wildman–Crippen MR) is 105 cm³/mol. The summed E-state index contributed by atoms with van der Waals surface area (Å²) in [5, 5.41) is 3.31. The SMILES string of the molecule is O=C(Nc1nc2c(s1)CN(C(=O)c1cncc(Br)c1)CC2)c1ccccn1. The minimum Gasteiger partial charge on any atom is -0.333 e. The van der Waals surface area contributed by atoms with Crippen LogP contribution in [0, 0.1) is 0 Å². The van der Waals surface area contributed by atoms with Gasteiger partial charge in [0.25, 0.3) is 11.8 Å². The van der Waals surface area contributed by atoms with E-state index in [4.69, 9.17) is 0 Å². The second-order valence-electron chi connectivity index (χ2n) is 5.93. The molecule has 3 aromatic rings. The molecule has 0 unspecified atom stereocenters. The monoisotopic (exact) mass is 443 g/mol. The number of aromatic nitrogens is 3. The zero-order valence-electron chi connectivity index (χ0n) is 14.1. The number of rotatable bonds is 3. The van der Waals surface area contributed by atoms with Gasteiger partial charge in [-0.2, -0.15) is 0 Å². The Morgan fingerprint density at radius 3 is 2.93 bits per heavy atom. The van der Waals surface area contributed by atoms with Gasteiger partial charge in [-0.1, -0.05) is 17.4 Å². The summed E-state index contributed by atoms with van der Waals surface area (Å²) >= 11 is 4.73. The topological polar surface area (TPSA) is 88.1 Å². The Hall–Kier alpha value is -2.65. The summed E-state index contributed by atoms with van der Waals surface area (Å²) in [5.74, 6) is -0.364. The molecule has 136 valence electrons. The second kappa shape index (κ2) is 7.53. The summed E-state index contributed by atoms with van der Waals surface area (Å²) in [6, 6.07) is 6.92. The molecule has 1 aliphatic rings. The predicted octanol–water partition coefficient (Wildman–Crippen LogP) is 3.15. The number of hydrogen-bond acceptors (Lipinski definition) is 6. The Balaban J connectivity index is 1.47. The van der Waals surface area contributed by atoms with Gasteiger partial charge in [0.1, 0.15) is 5.69 Å². The molecule has 1 N–H and O–H groups in total. The third kappa shape index (κ3) is 3.88. The van der Waals surface area contributed by atoms with E-state index in [1.54, 1.807) is 47.8 Å². The zero-order valence-corrected chi connectivity index (χ0v) is 16.5. The van der Waals surface area contributed by atoms with Crippen LogP contribution in [0.15, 0.2) is 47.3 Å². The summed E-state index contributed by atoms with van der Waals surface area (Å²) in [6.07, 6.45) is 5.43. The van der Waals surface area contributed by atoms with Gasteiger partial charge in [-0.3, -0.25) is 24.9 Å². The number of pyridine rings is 2. The van der Waals surface area contributed by atoms with Crippen LogP contribution in [0.4, 0.5) is 5.13 Å². The number of thiazole rings is 1. The van der Waals surface area contributed by atoms with Crippen LogP contribution in [-0.4, -0.2) is 38.2 Å². The highest BCUT2D eigenvalue weighted by Gasteiger charge is 2.25. The number of carbonyl (C=O) groups is 2. The van der Waals surface area contributed by atoms with E-state index >= 15 is 0 Å². The zero-order chi connectivity index (χ0) is 18.8. The van der Waals surface area contributed by atoms with Crippen molar-refractivity contribution >= 4 is 44.2 Å². The number of anilines is 1. The first kappa shape index (κ1) is 17.7. The largest absolute Gasteiger partial charge is 0.333 e. The first-order chi connectivity index (χ1) is 13.1. The maximum atomic E-state index is 12.7. The highest BCUT2D eigenvalue weighted by Crippen LogP contribution is 2.29. The van der Waals surface area contributed by atoms with Crippen LogP contribution in [0.3, 0.4) is 0 Å². The number of halogens is 1. The van der Waals surface area contributed by atoms with E-state index in [2.05, 4.69) is 36.2 Å². The molecule has 9 heteroatoms. The minimum absolute atomic E-state index is 0.0677. The summed E-state index contributed by atoms with van der Waals surface area (Å²) in [7, 11) is 0. The molecule has 0 fully saturated rings. The van der Waals surface area contributed by atoms with Crippen LogP contribution in [0.25, 0.3) is 0 Å². The number of nitrogens with one attached hydrogen (secondary N) is 1. The number of nitrogens with zero attached hydrogens (tertiary/aromatic N) is 4. The minimum atomic E-state index is -0.296. The van der Waals surface area contributed by atoms with Crippen molar-refractivity contribution in [2.45, 2.75) is 13.0 Å². The van der Waals surface area contributed by atoms with Gasteiger partial charge in [0.05, 0.1) is 17.8 Å². The third-order valence-electron chi connectivity index (χ3n) is 4.09. The number of carbonyl (C=O) groups excluding carboxylic acids is 2. The summed E-state index contributed by atoms with van der Waals surface area (Å²) in [4.78, 5) is 40.3. The first-order valence-corrected chi connectivity index (χ1v) is 9.82. The molecule has 1 aliphatic heterocycles. The molecule has 27 heavy (non-hydrogen) atoms. The highest BCUT2D eigenvalue weighted by molar-refractivity contribution is 9.10. The highest BCUT2D eigenvalue weighted by atomic mass is 79.9. The number of fused-ring (bicyclic) bond motifs is 1. The Labute approximate surface area is 167 Å². The van der Waals surface area contributed by atoms with Crippen molar-refractivity contribution in [3.63, 3.8) is 0 Å². The molecule has 0 bridgehead atoms. The van der Waals surface area contributed by atoms with Crippen molar-refractivity contribution in [1.29, 1.82) is 0 Å². The van der Waals surface area contributed by atoms with Gasteiger partial charge in [0, 0.05) is 40.9 Å². The molecule has 4 rings (SSSR count). The van der Waals surface area contributed by atoms with Crippen molar-refractivity contribution in [3.05, 3.63) is 69.2 Å². The van der Waals surface area contributed by atoms with E-state index in [0.29, 0.717) is 35.9 Å². The molecule has 0 aromatic carbocycles. The van der Waals surface area contributed by atoms with Crippen LogP contribution >= 0.6 is 27.3 Å². The van der Waals surface area contributed by atoms with Gasteiger partial charge in [0.2, 0.25) is 0 Å². The van der Waals surface area contributed by atoms with Crippen LogP contribution in [0.5, 0.6) is 0 Å². The third-order valence-corrected chi connectivity index (χ3v) is 5.52. The van der Waals surface area contributed by atoms with Crippen LogP contribution in [0.1, 0.15) is 31.4 Å². The lowest BCUT2D eigenvalue weighted by Crippen LogP contribution is -2.35. The first-order valence-electron chi connectivity index (χ1n) is 8.21. The standard InChI is InChI=1S/C18H14BrN5O2S/c19-12-7-11(8-20-9-12)17(26)24-6-4-13-15(10-24)27-18(22-13)23-16(25)14-3-1-2-5-21-14/h1-3,5,7-9H,4,6,10H2,(H,22,23,25). The summed E-state index contributed by atoms with van der Waals surface area (Å²) in [5.41, 5.74) is 1.80. The average molecular weight is 444 g/mol. The maximum Gasteiger partial charge on any atom is 0.276 e. The summed E-state index contributed by atoms with van der Waals surface area (Å²) < 4.78 is 0.767. The van der Waals surface area contributed by atoms with E-state index in [1.807, 2.05) is 0 Å². The lowest BCUT2D eigenvalue weighted by molar-refractivity contribution is 0.0735. The Bertz CT molecular complexity index is 1010. The van der Waals surface area contributed by atoms with Crippen molar-refractivity contribution in [2.75, 3.05) is 11.9 Å². The van der Waals surface area contributed by atoms with Crippen molar-refractivity contribution < 1.29 is 9.59 Å². The molecule has 0 spiro atoms. The van der Waals surface area contributed by atoms with E-state index in [-0.39, 0.29) is 11.8 Å². The van der Waals surface area contributed by atoms with Crippen LogP contribution < -0.4 is 5.32 Å². The van der Waals surface area contributed by atoms with Gasteiger partial charge >= 0.3 is 0 Å². The summed E-state index contributed by atoms with van der Waals surface area (Å²) in [6.45, 7) is 1.05. The van der Waals surface area contributed by atoms with Crippen molar-refractivity contribution in [1.82, 2.24) is 19.9 Å². The second-order valence-corrected chi connectivity index (χ2v) is 7.93. The Morgan fingerprint density at radius 1 is 1.26 bits per heavy atom. The maximum absolute atomic E-state index is 12.7. The van der Waals surface area contributed by atoms with Gasteiger partial charge in [0.15, 0.2) is 5.13 Å². The normalized spacial score (nSPS) is 13.1. The molecule has 4 heterocycles. The van der Waals surface area contributed by atoms with E-state index in [0.717, 1.165) is 15.0 Å². The van der Waals surface area contributed by atoms with Gasteiger partial charge in [-0.25, -0.2) is 4.98 Å². The molecule has 0 saturated carbocycles. The van der Waals surface area contributed by atoms with Gasteiger partial charge < -0.3 is 4.90 Å². The smallest absolute Gasteiger partial charge is 0.276 e. The lowest BCUT2D eigenvalue weighted by atomic mass is 10.1. The van der Waals surface area contributed by atoms with E-state index < -0.39 is 0 Å². The van der Waals surface area contributed by atoms with E-state index in [1.165, 1.54) is 11.3 Å². The molecule has 3 aromatic heterocycles. The molecule has 2 amide bonds. The fraction of sp³-hybridized carbons (Fsp3) is 0.167.